The van der Waals surface area contributed by atoms with Crippen molar-refractivity contribution in [3.63, 3.8) is 0 Å². The third-order valence-corrected chi connectivity index (χ3v) is 4.76. The number of benzene rings is 1. The maximum absolute atomic E-state index is 12.2. The quantitative estimate of drug-likeness (QED) is 0.894. The second-order valence-corrected chi connectivity index (χ2v) is 6.23. The number of fused-ring (bicyclic) bond motifs is 1. The smallest absolute Gasteiger partial charge is 0.337 e. The Labute approximate surface area is 126 Å². The zero-order chi connectivity index (χ0) is 14.4. The molecule has 1 aromatic rings. The molecule has 1 aromatic carbocycles. The third-order valence-electron chi connectivity index (χ3n) is 4.24. The number of halogens is 2. The standard InChI is InChI=1S/C14H13Cl2NO3/c15-6-4-9(14(19)20)12(10(16)5-6)17-13(18)11-7-2-1-3-8(7)11/h4-5,7-8,11H,1-3H2,(H,17,18)(H,19,20). The van der Waals surface area contributed by atoms with Crippen molar-refractivity contribution in [1.82, 2.24) is 0 Å². The van der Waals surface area contributed by atoms with Crippen molar-refractivity contribution in [2.24, 2.45) is 17.8 Å². The normalized spacial score (nSPS) is 27.0. The average Bonchev–Trinajstić information content (AvgIpc) is 2.86. The lowest BCUT2D eigenvalue weighted by Gasteiger charge is -2.12. The summed E-state index contributed by atoms with van der Waals surface area (Å²) in [6.07, 6.45) is 3.35. The fourth-order valence-corrected chi connectivity index (χ4v) is 3.83. The van der Waals surface area contributed by atoms with E-state index in [1.807, 2.05) is 0 Å². The summed E-state index contributed by atoms with van der Waals surface area (Å²) in [4.78, 5) is 23.4. The lowest BCUT2D eigenvalue weighted by atomic mass is 10.1. The molecule has 0 aliphatic heterocycles. The van der Waals surface area contributed by atoms with Gasteiger partial charge in [0, 0.05) is 10.9 Å². The first-order valence-electron chi connectivity index (χ1n) is 6.52. The minimum atomic E-state index is -1.17. The molecule has 106 valence electrons. The molecular weight excluding hydrogens is 301 g/mol. The van der Waals surface area contributed by atoms with E-state index in [1.165, 1.54) is 18.6 Å². The highest BCUT2D eigenvalue weighted by Crippen LogP contribution is 2.57. The first kappa shape index (κ1) is 13.7. The highest BCUT2D eigenvalue weighted by molar-refractivity contribution is 6.37. The number of anilines is 1. The average molecular weight is 314 g/mol. The summed E-state index contributed by atoms with van der Waals surface area (Å²) in [6.45, 7) is 0. The van der Waals surface area contributed by atoms with Crippen molar-refractivity contribution in [2.75, 3.05) is 5.32 Å². The van der Waals surface area contributed by atoms with Crippen LogP contribution < -0.4 is 5.32 Å². The third kappa shape index (κ3) is 2.27. The van der Waals surface area contributed by atoms with Crippen LogP contribution in [0.4, 0.5) is 5.69 Å². The maximum atomic E-state index is 12.2. The second kappa shape index (κ2) is 4.93. The SMILES string of the molecule is O=C(O)c1cc(Cl)cc(Cl)c1NC(=O)C1C2CCCC21. The van der Waals surface area contributed by atoms with Crippen LogP contribution in [-0.2, 0) is 4.79 Å². The number of carboxylic acid groups (broad SMARTS) is 1. The highest BCUT2D eigenvalue weighted by Gasteiger charge is 2.56. The highest BCUT2D eigenvalue weighted by atomic mass is 35.5. The van der Waals surface area contributed by atoms with E-state index in [0.717, 1.165) is 12.8 Å². The van der Waals surface area contributed by atoms with Gasteiger partial charge in [0.2, 0.25) is 5.91 Å². The van der Waals surface area contributed by atoms with E-state index in [1.54, 1.807) is 0 Å². The summed E-state index contributed by atoms with van der Waals surface area (Å²) in [6, 6.07) is 2.72. The molecule has 2 atom stereocenters. The first-order valence-corrected chi connectivity index (χ1v) is 7.28. The Bertz CT molecular complexity index is 592. The minimum absolute atomic E-state index is 0.0112. The van der Waals surface area contributed by atoms with E-state index in [0.29, 0.717) is 11.8 Å². The van der Waals surface area contributed by atoms with E-state index in [9.17, 15) is 14.7 Å². The molecule has 0 aromatic heterocycles. The van der Waals surface area contributed by atoms with E-state index in [-0.39, 0.29) is 33.1 Å². The zero-order valence-electron chi connectivity index (χ0n) is 10.5. The van der Waals surface area contributed by atoms with Crippen molar-refractivity contribution in [1.29, 1.82) is 0 Å². The molecule has 2 unspecified atom stereocenters. The van der Waals surface area contributed by atoms with Gasteiger partial charge in [-0.1, -0.05) is 29.6 Å². The molecule has 0 bridgehead atoms. The summed E-state index contributed by atoms with van der Waals surface area (Å²) in [5, 5.41) is 12.2. The first-order chi connectivity index (χ1) is 9.49. The van der Waals surface area contributed by atoms with Crippen molar-refractivity contribution < 1.29 is 14.7 Å². The Balaban J connectivity index is 1.83. The number of carboxylic acids is 1. The molecule has 0 heterocycles. The molecule has 2 aliphatic carbocycles. The Morgan fingerprint density at radius 3 is 2.45 bits per heavy atom. The predicted molar refractivity (Wildman–Crippen MR) is 76.4 cm³/mol. The Kier molecular flexibility index (Phi) is 3.38. The Hall–Kier alpha value is -1.26. The van der Waals surface area contributed by atoms with Gasteiger partial charge in [0.1, 0.15) is 0 Å². The van der Waals surface area contributed by atoms with Gasteiger partial charge in [-0.05, 0) is 36.8 Å². The Morgan fingerprint density at radius 2 is 1.85 bits per heavy atom. The number of aromatic carboxylic acids is 1. The van der Waals surface area contributed by atoms with Crippen LogP contribution in [0.1, 0.15) is 29.6 Å². The molecule has 0 spiro atoms. The molecule has 0 radical (unpaired) electrons. The summed E-state index contributed by atoms with van der Waals surface area (Å²) in [5.41, 5.74) is 0.0557. The molecule has 2 N–H and O–H groups in total. The number of nitrogens with one attached hydrogen (secondary N) is 1. The van der Waals surface area contributed by atoms with Gasteiger partial charge >= 0.3 is 5.97 Å². The van der Waals surface area contributed by atoms with Crippen molar-refractivity contribution in [3.05, 3.63) is 27.7 Å². The summed E-state index contributed by atoms with van der Waals surface area (Å²) < 4.78 is 0. The molecule has 4 nitrogen and oxygen atoms in total. The van der Waals surface area contributed by atoms with Crippen LogP contribution >= 0.6 is 23.2 Å². The number of rotatable bonds is 3. The van der Waals surface area contributed by atoms with Gasteiger partial charge in [0.05, 0.1) is 16.3 Å². The van der Waals surface area contributed by atoms with Crippen LogP contribution in [0.2, 0.25) is 10.0 Å². The van der Waals surface area contributed by atoms with Gasteiger partial charge in [-0.3, -0.25) is 4.79 Å². The second-order valence-electron chi connectivity index (χ2n) is 5.39. The van der Waals surface area contributed by atoms with Crippen molar-refractivity contribution in [2.45, 2.75) is 19.3 Å². The van der Waals surface area contributed by atoms with Gasteiger partial charge in [0.25, 0.3) is 0 Å². The number of carbonyl (C=O) groups excluding carboxylic acids is 1. The summed E-state index contributed by atoms with van der Waals surface area (Å²) in [5.74, 6) is -0.354. The molecular formula is C14H13Cl2NO3. The predicted octanol–water partition coefficient (Wildman–Crippen LogP) is 3.68. The molecule has 6 heteroatoms. The van der Waals surface area contributed by atoms with E-state index < -0.39 is 5.97 Å². The van der Waals surface area contributed by atoms with Gasteiger partial charge in [0.15, 0.2) is 0 Å². The van der Waals surface area contributed by atoms with Gasteiger partial charge in [-0.2, -0.15) is 0 Å². The number of hydrogen-bond donors (Lipinski definition) is 2. The van der Waals surface area contributed by atoms with Crippen LogP contribution in [0.5, 0.6) is 0 Å². The lowest BCUT2D eigenvalue weighted by Crippen LogP contribution is -2.19. The van der Waals surface area contributed by atoms with Gasteiger partial charge in [-0.15, -0.1) is 0 Å². The van der Waals surface area contributed by atoms with Crippen molar-refractivity contribution in [3.8, 4) is 0 Å². The van der Waals surface area contributed by atoms with E-state index in [2.05, 4.69) is 5.32 Å². The topological polar surface area (TPSA) is 66.4 Å². The molecule has 1 amide bonds. The number of amides is 1. The fourth-order valence-electron chi connectivity index (χ4n) is 3.29. The van der Waals surface area contributed by atoms with Crippen LogP contribution in [0.25, 0.3) is 0 Å². The van der Waals surface area contributed by atoms with Crippen LogP contribution in [0.15, 0.2) is 12.1 Å². The maximum Gasteiger partial charge on any atom is 0.337 e. The van der Waals surface area contributed by atoms with Crippen LogP contribution in [0.3, 0.4) is 0 Å². The molecule has 2 aliphatic rings. The zero-order valence-corrected chi connectivity index (χ0v) is 12.0. The van der Waals surface area contributed by atoms with Gasteiger partial charge in [-0.25, -0.2) is 4.79 Å². The molecule has 3 rings (SSSR count). The minimum Gasteiger partial charge on any atom is -0.478 e. The largest absolute Gasteiger partial charge is 0.478 e. The van der Waals surface area contributed by atoms with Crippen molar-refractivity contribution >= 4 is 40.8 Å². The van der Waals surface area contributed by atoms with Gasteiger partial charge < -0.3 is 10.4 Å². The fraction of sp³-hybridized carbons (Fsp3) is 0.429. The summed E-state index contributed by atoms with van der Waals surface area (Å²) in [7, 11) is 0. The molecule has 2 fully saturated rings. The monoisotopic (exact) mass is 313 g/mol. The number of hydrogen-bond acceptors (Lipinski definition) is 2. The molecule has 20 heavy (non-hydrogen) atoms. The summed E-state index contributed by atoms with van der Waals surface area (Å²) >= 11 is 11.8. The molecule has 0 saturated heterocycles. The lowest BCUT2D eigenvalue weighted by molar-refractivity contribution is -0.118. The van der Waals surface area contributed by atoms with Crippen LogP contribution in [-0.4, -0.2) is 17.0 Å². The molecule has 2 saturated carbocycles. The van der Waals surface area contributed by atoms with E-state index >= 15 is 0 Å². The van der Waals surface area contributed by atoms with Crippen LogP contribution in [0, 0.1) is 17.8 Å². The van der Waals surface area contributed by atoms with E-state index in [4.69, 9.17) is 23.2 Å². The number of carbonyl (C=O) groups is 2. The Morgan fingerprint density at radius 1 is 1.20 bits per heavy atom.